The molecule has 0 spiro atoms. The number of rotatable bonds is 8. The zero-order chi connectivity index (χ0) is 19.2. The molecule has 2 aromatic heterocycles. The third-order valence-electron chi connectivity index (χ3n) is 4.02. The molecule has 0 bridgehead atoms. The average molecular weight is 385 g/mol. The van der Waals surface area contributed by atoms with Gasteiger partial charge in [0.2, 0.25) is 5.82 Å². The van der Waals surface area contributed by atoms with Gasteiger partial charge >= 0.3 is 5.97 Å². The molecule has 3 rings (SSSR count). The lowest BCUT2D eigenvalue weighted by atomic mass is 10.2. The van der Waals surface area contributed by atoms with Crippen molar-refractivity contribution in [3.05, 3.63) is 48.2 Å². The molecule has 0 aliphatic rings. The number of carbonyl (C=O) groups is 1. The third-order valence-corrected chi connectivity index (χ3v) is 5.20. The Morgan fingerprint density at radius 1 is 1.22 bits per heavy atom. The lowest BCUT2D eigenvalue weighted by molar-refractivity contribution is -0.142. The first kappa shape index (κ1) is 19.2. The summed E-state index contributed by atoms with van der Waals surface area (Å²) in [7, 11) is 0. The van der Waals surface area contributed by atoms with Crippen LogP contribution in [0.15, 0.2) is 52.2 Å². The molecule has 2 heterocycles. The van der Waals surface area contributed by atoms with Crippen molar-refractivity contribution in [3.8, 4) is 17.3 Å². The zero-order valence-corrected chi connectivity index (χ0v) is 16.5. The molecule has 1 unspecified atom stereocenters. The van der Waals surface area contributed by atoms with E-state index in [1.54, 1.807) is 6.26 Å². The maximum Gasteiger partial charge on any atom is 0.319 e. The van der Waals surface area contributed by atoms with Crippen molar-refractivity contribution in [2.24, 2.45) is 0 Å². The first-order chi connectivity index (χ1) is 13.1. The van der Waals surface area contributed by atoms with Crippen LogP contribution in [0, 0.1) is 6.92 Å². The van der Waals surface area contributed by atoms with Gasteiger partial charge in [-0.25, -0.2) is 0 Å². The van der Waals surface area contributed by atoms with Gasteiger partial charge < -0.3 is 9.15 Å². The Labute approximate surface area is 162 Å². The zero-order valence-electron chi connectivity index (χ0n) is 15.7. The van der Waals surface area contributed by atoms with Crippen LogP contribution in [0.5, 0.6) is 0 Å². The third kappa shape index (κ3) is 4.42. The van der Waals surface area contributed by atoms with Crippen LogP contribution in [0.4, 0.5) is 0 Å². The molecular weight excluding hydrogens is 362 g/mol. The molecule has 3 aromatic rings. The second-order valence-corrected chi connectivity index (χ2v) is 7.27. The van der Waals surface area contributed by atoms with Crippen LogP contribution in [0.3, 0.4) is 0 Å². The summed E-state index contributed by atoms with van der Waals surface area (Å²) in [4.78, 5) is 12.3. The molecule has 7 heteroatoms. The van der Waals surface area contributed by atoms with Gasteiger partial charge in [-0.2, -0.15) is 0 Å². The molecule has 27 heavy (non-hydrogen) atoms. The Bertz CT molecular complexity index is 873. The van der Waals surface area contributed by atoms with Crippen LogP contribution >= 0.6 is 11.8 Å². The molecule has 0 fully saturated rings. The molecule has 1 aromatic carbocycles. The highest BCUT2D eigenvalue weighted by Gasteiger charge is 2.26. The van der Waals surface area contributed by atoms with Gasteiger partial charge in [0.1, 0.15) is 5.25 Å². The Hall–Kier alpha value is -2.54. The summed E-state index contributed by atoms with van der Waals surface area (Å²) in [6, 6.07) is 11.7. The van der Waals surface area contributed by atoms with Crippen molar-refractivity contribution in [1.82, 2.24) is 14.8 Å². The van der Waals surface area contributed by atoms with Gasteiger partial charge in [0.25, 0.3) is 0 Å². The molecule has 0 radical (unpaired) electrons. The highest BCUT2D eigenvalue weighted by Crippen LogP contribution is 2.32. The van der Waals surface area contributed by atoms with E-state index in [4.69, 9.17) is 9.15 Å². The van der Waals surface area contributed by atoms with Gasteiger partial charge in [0.05, 0.1) is 12.9 Å². The number of ether oxygens (including phenoxy) is 1. The second kappa shape index (κ2) is 8.90. The van der Waals surface area contributed by atoms with E-state index in [0.29, 0.717) is 29.8 Å². The second-order valence-electron chi connectivity index (χ2n) is 6.10. The van der Waals surface area contributed by atoms with Crippen molar-refractivity contribution < 1.29 is 13.9 Å². The molecule has 0 saturated heterocycles. The Morgan fingerprint density at radius 2 is 2.00 bits per heavy atom. The van der Waals surface area contributed by atoms with E-state index in [2.05, 4.69) is 10.2 Å². The predicted octanol–water partition coefficient (Wildman–Crippen LogP) is 4.66. The standard InChI is InChI=1S/C20H23N3O3S/c1-4-7-17(19(24)25-5-2)27-20-22-21-18(16-8-6-13-26-16)23(20)15-11-9-14(3)10-12-15/h6,8-13,17H,4-5,7H2,1-3H3. The lowest BCUT2D eigenvalue weighted by Crippen LogP contribution is -2.20. The summed E-state index contributed by atoms with van der Waals surface area (Å²) in [5.74, 6) is 1.01. The molecule has 0 aliphatic carbocycles. The normalized spacial score (nSPS) is 12.1. The van der Waals surface area contributed by atoms with Crippen LogP contribution < -0.4 is 0 Å². The number of furan rings is 1. The lowest BCUT2D eigenvalue weighted by Gasteiger charge is -2.15. The fourth-order valence-electron chi connectivity index (χ4n) is 2.69. The number of hydrogen-bond donors (Lipinski definition) is 0. The summed E-state index contributed by atoms with van der Waals surface area (Å²) in [5, 5.41) is 8.98. The SMILES string of the molecule is CCCC(Sc1nnc(-c2ccco2)n1-c1ccc(C)cc1)C(=O)OCC. The highest BCUT2D eigenvalue weighted by atomic mass is 32.2. The van der Waals surface area contributed by atoms with Crippen LogP contribution in [0.2, 0.25) is 0 Å². The van der Waals surface area contributed by atoms with Gasteiger partial charge in [-0.3, -0.25) is 9.36 Å². The summed E-state index contributed by atoms with van der Waals surface area (Å²) in [6.45, 7) is 6.26. The van der Waals surface area contributed by atoms with Gasteiger partial charge in [-0.15, -0.1) is 10.2 Å². The average Bonchev–Trinajstić information content (AvgIpc) is 3.32. The van der Waals surface area contributed by atoms with Gasteiger partial charge in [-0.1, -0.05) is 42.8 Å². The summed E-state index contributed by atoms with van der Waals surface area (Å²) >= 11 is 1.38. The van der Waals surface area contributed by atoms with E-state index in [-0.39, 0.29) is 11.2 Å². The van der Waals surface area contributed by atoms with Crippen molar-refractivity contribution in [1.29, 1.82) is 0 Å². The molecule has 6 nitrogen and oxygen atoms in total. The molecular formula is C20H23N3O3S. The quantitative estimate of drug-likeness (QED) is 0.415. The number of aromatic nitrogens is 3. The van der Waals surface area contributed by atoms with Crippen molar-refractivity contribution >= 4 is 17.7 Å². The van der Waals surface area contributed by atoms with E-state index in [0.717, 1.165) is 17.7 Å². The molecule has 142 valence electrons. The van der Waals surface area contributed by atoms with Crippen LogP contribution in [0.25, 0.3) is 17.3 Å². The van der Waals surface area contributed by atoms with Gasteiger partial charge in [-0.05, 0) is 44.5 Å². The number of esters is 1. The van der Waals surface area contributed by atoms with E-state index in [1.807, 2.05) is 61.7 Å². The Balaban J connectivity index is 2.02. The monoisotopic (exact) mass is 385 g/mol. The first-order valence-corrected chi connectivity index (χ1v) is 9.91. The molecule has 0 N–H and O–H groups in total. The minimum atomic E-state index is -0.326. The number of thioether (sulfide) groups is 1. The fraction of sp³-hybridized carbons (Fsp3) is 0.350. The summed E-state index contributed by atoms with van der Waals surface area (Å²) in [6.07, 6.45) is 3.19. The molecule has 0 amide bonds. The predicted molar refractivity (Wildman–Crippen MR) is 105 cm³/mol. The van der Waals surface area contributed by atoms with Gasteiger partial charge in [0, 0.05) is 5.69 Å². The van der Waals surface area contributed by atoms with Crippen LogP contribution in [-0.4, -0.2) is 32.6 Å². The first-order valence-electron chi connectivity index (χ1n) is 9.03. The van der Waals surface area contributed by atoms with Gasteiger partial charge in [0.15, 0.2) is 10.9 Å². The topological polar surface area (TPSA) is 70.2 Å². The largest absolute Gasteiger partial charge is 0.465 e. The summed E-state index contributed by atoms with van der Waals surface area (Å²) < 4.78 is 12.7. The highest BCUT2D eigenvalue weighted by molar-refractivity contribution is 8.00. The van der Waals surface area contributed by atoms with Crippen molar-refractivity contribution in [2.45, 2.75) is 44.0 Å². The number of hydrogen-bond acceptors (Lipinski definition) is 6. The molecule has 0 aliphatic heterocycles. The van der Waals surface area contributed by atoms with E-state index < -0.39 is 0 Å². The number of nitrogens with zero attached hydrogens (tertiary/aromatic N) is 3. The van der Waals surface area contributed by atoms with E-state index in [1.165, 1.54) is 11.8 Å². The Kier molecular flexibility index (Phi) is 6.34. The summed E-state index contributed by atoms with van der Waals surface area (Å²) in [5.41, 5.74) is 2.08. The van der Waals surface area contributed by atoms with Crippen molar-refractivity contribution in [2.75, 3.05) is 6.61 Å². The van der Waals surface area contributed by atoms with E-state index >= 15 is 0 Å². The minimum Gasteiger partial charge on any atom is -0.465 e. The van der Waals surface area contributed by atoms with Crippen LogP contribution in [-0.2, 0) is 9.53 Å². The van der Waals surface area contributed by atoms with Crippen molar-refractivity contribution in [3.63, 3.8) is 0 Å². The maximum absolute atomic E-state index is 12.3. The number of carbonyl (C=O) groups excluding carboxylic acids is 1. The Morgan fingerprint density at radius 3 is 2.63 bits per heavy atom. The fourth-order valence-corrected chi connectivity index (χ4v) is 3.85. The smallest absolute Gasteiger partial charge is 0.319 e. The number of aryl methyl sites for hydroxylation is 1. The molecule has 1 atom stereocenters. The van der Waals surface area contributed by atoms with E-state index in [9.17, 15) is 4.79 Å². The maximum atomic E-state index is 12.3. The molecule has 0 saturated carbocycles. The van der Waals surface area contributed by atoms with Crippen LogP contribution in [0.1, 0.15) is 32.3 Å². The minimum absolute atomic E-state index is 0.220. The number of benzene rings is 1.